The van der Waals surface area contributed by atoms with Gasteiger partial charge in [0.25, 0.3) is 0 Å². The summed E-state index contributed by atoms with van der Waals surface area (Å²) in [4.78, 5) is 11.8. The highest BCUT2D eigenvalue weighted by Gasteiger charge is 2.33. The predicted molar refractivity (Wildman–Crippen MR) is 80.4 cm³/mol. The zero-order valence-electron chi connectivity index (χ0n) is 11.7. The predicted octanol–water partition coefficient (Wildman–Crippen LogP) is -0.00570. The molecule has 118 valence electrons. The van der Waals surface area contributed by atoms with E-state index in [1.807, 2.05) is 0 Å². The number of nitrogens with one attached hydrogen (secondary N) is 3. The third-order valence-electron chi connectivity index (χ3n) is 3.86. The van der Waals surface area contributed by atoms with Crippen molar-refractivity contribution < 1.29 is 13.2 Å². The Labute approximate surface area is 126 Å². The molecule has 2 atom stereocenters. The maximum atomic E-state index is 11.8. The van der Waals surface area contributed by atoms with Crippen molar-refractivity contribution in [2.45, 2.75) is 44.2 Å². The molecule has 2 aliphatic heterocycles. The molecule has 3 N–H and O–H groups in total. The molecule has 2 aliphatic rings. The van der Waals surface area contributed by atoms with Gasteiger partial charge in [-0.2, -0.15) is 0 Å². The smallest absolute Gasteiger partial charge is 0.220 e. The number of fused-ring (bicyclic) bond motifs is 2. The molecule has 1 amide bonds. The molecular formula is C12H24ClN3O3S. The molecular weight excluding hydrogens is 302 g/mol. The molecule has 2 rings (SSSR count). The van der Waals surface area contributed by atoms with E-state index in [1.165, 1.54) is 12.8 Å². The molecule has 6 nitrogen and oxygen atoms in total. The van der Waals surface area contributed by atoms with Gasteiger partial charge in [-0.3, -0.25) is 4.79 Å². The van der Waals surface area contributed by atoms with Gasteiger partial charge in [-0.1, -0.05) is 0 Å². The van der Waals surface area contributed by atoms with E-state index >= 15 is 0 Å². The Hall–Kier alpha value is -0.370. The maximum absolute atomic E-state index is 11.8. The van der Waals surface area contributed by atoms with Crippen LogP contribution in [-0.4, -0.2) is 45.8 Å². The minimum Gasteiger partial charge on any atom is -0.355 e. The van der Waals surface area contributed by atoms with E-state index in [1.54, 1.807) is 0 Å². The van der Waals surface area contributed by atoms with Crippen molar-refractivity contribution in [3.05, 3.63) is 0 Å². The van der Waals surface area contributed by atoms with E-state index in [-0.39, 0.29) is 24.9 Å². The van der Waals surface area contributed by atoms with E-state index in [0.717, 1.165) is 19.1 Å². The highest BCUT2D eigenvalue weighted by molar-refractivity contribution is 7.88. The summed E-state index contributed by atoms with van der Waals surface area (Å²) in [5.41, 5.74) is 0. The third-order valence-corrected chi connectivity index (χ3v) is 4.58. The molecule has 0 radical (unpaired) electrons. The number of hydrogen-bond acceptors (Lipinski definition) is 4. The summed E-state index contributed by atoms with van der Waals surface area (Å²) < 4.78 is 24.0. The van der Waals surface area contributed by atoms with Crippen LogP contribution in [0, 0.1) is 5.92 Å². The lowest BCUT2D eigenvalue weighted by atomic mass is 9.89. The number of halogens is 1. The van der Waals surface area contributed by atoms with Gasteiger partial charge < -0.3 is 10.6 Å². The van der Waals surface area contributed by atoms with E-state index in [0.29, 0.717) is 31.0 Å². The fourth-order valence-electron chi connectivity index (χ4n) is 3.11. The molecule has 2 saturated heterocycles. The van der Waals surface area contributed by atoms with E-state index in [2.05, 4.69) is 15.4 Å². The van der Waals surface area contributed by atoms with Gasteiger partial charge >= 0.3 is 0 Å². The Morgan fingerprint density at radius 2 is 1.80 bits per heavy atom. The number of carbonyl (C=O) groups excluding carboxylic acids is 1. The lowest BCUT2D eigenvalue weighted by Crippen LogP contribution is -2.40. The van der Waals surface area contributed by atoms with Crippen LogP contribution in [0.15, 0.2) is 0 Å². The first kappa shape index (κ1) is 17.7. The van der Waals surface area contributed by atoms with Crippen molar-refractivity contribution >= 4 is 28.3 Å². The molecule has 0 spiro atoms. The third kappa shape index (κ3) is 5.95. The number of carbonyl (C=O) groups is 1. The SMILES string of the molecule is CS(=O)(=O)NCCNC(=O)CC1CC2CCC(C1)N2.Cl. The fourth-order valence-corrected chi connectivity index (χ4v) is 3.59. The molecule has 0 aromatic rings. The van der Waals surface area contributed by atoms with Gasteiger partial charge in [-0.05, 0) is 31.6 Å². The Morgan fingerprint density at radius 3 is 2.35 bits per heavy atom. The maximum Gasteiger partial charge on any atom is 0.220 e. The fraction of sp³-hybridized carbons (Fsp3) is 0.917. The zero-order chi connectivity index (χ0) is 13.9. The summed E-state index contributed by atoms with van der Waals surface area (Å²) in [6.45, 7) is 0.603. The summed E-state index contributed by atoms with van der Waals surface area (Å²) in [7, 11) is -3.17. The molecule has 0 saturated carbocycles. The quantitative estimate of drug-likeness (QED) is 0.600. The summed E-state index contributed by atoms with van der Waals surface area (Å²) >= 11 is 0. The van der Waals surface area contributed by atoms with Crippen molar-refractivity contribution in [1.82, 2.24) is 15.4 Å². The van der Waals surface area contributed by atoms with Crippen molar-refractivity contribution in [1.29, 1.82) is 0 Å². The first-order valence-corrected chi connectivity index (χ1v) is 8.79. The van der Waals surface area contributed by atoms with Gasteiger partial charge in [0, 0.05) is 31.6 Å². The van der Waals surface area contributed by atoms with Crippen molar-refractivity contribution in [3.63, 3.8) is 0 Å². The van der Waals surface area contributed by atoms with Crippen LogP contribution in [-0.2, 0) is 14.8 Å². The van der Waals surface area contributed by atoms with Gasteiger partial charge in [-0.15, -0.1) is 12.4 Å². The summed E-state index contributed by atoms with van der Waals surface area (Å²) in [5, 5.41) is 6.32. The topological polar surface area (TPSA) is 87.3 Å². The minimum atomic E-state index is -3.17. The number of hydrogen-bond donors (Lipinski definition) is 3. The summed E-state index contributed by atoms with van der Waals surface area (Å²) in [5.74, 6) is 0.503. The first-order valence-electron chi connectivity index (χ1n) is 6.90. The second-order valence-electron chi connectivity index (χ2n) is 5.70. The van der Waals surface area contributed by atoms with Gasteiger partial charge in [0.15, 0.2) is 0 Å². The van der Waals surface area contributed by atoms with Crippen LogP contribution < -0.4 is 15.4 Å². The van der Waals surface area contributed by atoms with Gasteiger partial charge in [-0.25, -0.2) is 13.1 Å². The average molecular weight is 326 g/mol. The van der Waals surface area contributed by atoms with Crippen LogP contribution in [0.4, 0.5) is 0 Å². The largest absolute Gasteiger partial charge is 0.355 e. The second-order valence-corrected chi connectivity index (χ2v) is 7.53. The molecule has 2 fully saturated rings. The van der Waals surface area contributed by atoms with Crippen LogP contribution in [0.3, 0.4) is 0 Å². The Kier molecular flexibility index (Phi) is 6.71. The van der Waals surface area contributed by atoms with Gasteiger partial charge in [0.05, 0.1) is 6.26 Å². The number of rotatable bonds is 6. The molecule has 2 unspecified atom stereocenters. The number of sulfonamides is 1. The van der Waals surface area contributed by atoms with Crippen LogP contribution in [0.1, 0.15) is 32.1 Å². The number of amides is 1. The average Bonchev–Trinajstić information content (AvgIpc) is 2.63. The summed E-state index contributed by atoms with van der Waals surface area (Å²) in [6, 6.07) is 1.20. The van der Waals surface area contributed by atoms with Gasteiger partial charge in [0.2, 0.25) is 15.9 Å². The van der Waals surface area contributed by atoms with Crippen LogP contribution in [0.25, 0.3) is 0 Å². The van der Waals surface area contributed by atoms with Crippen molar-refractivity contribution in [2.24, 2.45) is 5.92 Å². The van der Waals surface area contributed by atoms with Crippen LogP contribution in [0.5, 0.6) is 0 Å². The van der Waals surface area contributed by atoms with Crippen molar-refractivity contribution in [2.75, 3.05) is 19.3 Å². The molecule has 0 aliphatic carbocycles. The van der Waals surface area contributed by atoms with E-state index < -0.39 is 10.0 Å². The van der Waals surface area contributed by atoms with Crippen molar-refractivity contribution in [3.8, 4) is 0 Å². The zero-order valence-corrected chi connectivity index (χ0v) is 13.4. The minimum absolute atomic E-state index is 0. The summed E-state index contributed by atoms with van der Waals surface area (Å²) in [6.07, 6.45) is 6.33. The Balaban J connectivity index is 0.00000200. The molecule has 2 heterocycles. The van der Waals surface area contributed by atoms with E-state index in [9.17, 15) is 13.2 Å². The Morgan fingerprint density at radius 1 is 1.20 bits per heavy atom. The molecule has 0 aromatic carbocycles. The highest BCUT2D eigenvalue weighted by Crippen LogP contribution is 2.32. The number of piperidine rings is 1. The second kappa shape index (κ2) is 7.59. The highest BCUT2D eigenvalue weighted by atomic mass is 35.5. The lowest BCUT2D eigenvalue weighted by molar-refractivity contribution is -0.122. The van der Waals surface area contributed by atoms with Crippen LogP contribution >= 0.6 is 12.4 Å². The monoisotopic (exact) mass is 325 g/mol. The van der Waals surface area contributed by atoms with Gasteiger partial charge in [0.1, 0.15) is 0 Å². The molecule has 8 heteroatoms. The van der Waals surface area contributed by atoms with Crippen LogP contribution in [0.2, 0.25) is 0 Å². The lowest BCUT2D eigenvalue weighted by Gasteiger charge is -2.28. The molecule has 20 heavy (non-hydrogen) atoms. The standard InChI is InChI=1S/C12H23N3O3S.ClH/c1-19(17,18)14-5-4-13-12(16)8-9-6-10-2-3-11(7-9)15-10;/h9-11,14-15H,2-8H2,1H3,(H,13,16);1H. The normalized spacial score (nSPS) is 28.8. The molecule has 0 aromatic heterocycles. The Bertz CT molecular complexity index is 418. The first-order chi connectivity index (χ1) is 8.92. The van der Waals surface area contributed by atoms with E-state index in [4.69, 9.17) is 0 Å². The molecule has 2 bridgehead atoms.